The number of rotatable bonds is 12. The van der Waals surface area contributed by atoms with Crippen molar-refractivity contribution in [1.82, 2.24) is 4.98 Å². The molecule has 9 heteroatoms. The van der Waals surface area contributed by atoms with Gasteiger partial charge < -0.3 is 5.11 Å². The zero-order valence-corrected chi connectivity index (χ0v) is 36.1. The quantitative estimate of drug-likeness (QED) is 0.124. The Morgan fingerprint density at radius 2 is 1.04 bits per heavy atom. The number of aromatic nitrogens is 1. The molecule has 1 N–H and O–H groups in total. The van der Waals surface area contributed by atoms with Crippen LogP contribution in [0.25, 0.3) is 72.8 Å². The van der Waals surface area contributed by atoms with E-state index in [-0.39, 0.29) is 6.61 Å². The molecule has 0 saturated carbocycles. The van der Waals surface area contributed by atoms with E-state index in [1.807, 2.05) is 64.4 Å². The number of thiazole rings is 1. The first-order chi connectivity index (χ1) is 28.0. The molecule has 57 heavy (non-hydrogen) atoms. The van der Waals surface area contributed by atoms with Crippen LogP contribution in [0.4, 0.5) is 0 Å². The van der Waals surface area contributed by atoms with E-state index in [4.69, 9.17) is 16.6 Å². The highest BCUT2D eigenvalue weighted by molar-refractivity contribution is 8.02. The Balaban J connectivity index is 0.940. The lowest BCUT2D eigenvalue weighted by molar-refractivity contribution is 0.188. The van der Waals surface area contributed by atoms with Crippen molar-refractivity contribution < 1.29 is 5.11 Å². The second-order valence-electron chi connectivity index (χ2n) is 14.2. The molecule has 0 aliphatic carbocycles. The Hall–Kier alpha value is -3.83. The lowest BCUT2D eigenvalue weighted by Gasteiger charge is -2.31. The molecule has 0 saturated heterocycles. The van der Waals surface area contributed by atoms with E-state index in [1.165, 1.54) is 72.4 Å². The van der Waals surface area contributed by atoms with Crippen molar-refractivity contribution in [1.29, 1.82) is 0 Å². The average Bonchev–Trinajstić information content (AvgIpc) is 3.97. The number of benzene rings is 7. The minimum Gasteiger partial charge on any atom is -0.396 e. The van der Waals surface area contributed by atoms with Crippen LogP contribution in [-0.4, -0.2) is 34.0 Å². The van der Waals surface area contributed by atoms with E-state index in [0.29, 0.717) is 5.02 Å². The number of aliphatic hydroxyl groups excluding tert-OH is 1. The molecule has 0 atom stereocenters. The highest BCUT2D eigenvalue weighted by atomic mass is 35.5. The van der Waals surface area contributed by atoms with Crippen LogP contribution in [0.2, 0.25) is 5.02 Å². The van der Waals surface area contributed by atoms with Gasteiger partial charge in [0.1, 0.15) is 0 Å². The van der Waals surface area contributed by atoms with Crippen LogP contribution in [0.3, 0.4) is 0 Å². The number of hydrogen-bond donors (Lipinski definition) is 1. The second-order valence-corrected chi connectivity index (χ2v) is 21.1. The van der Waals surface area contributed by atoms with E-state index in [9.17, 15) is 5.11 Å². The molecule has 7 aromatic carbocycles. The Morgan fingerprint density at radius 1 is 0.509 bits per heavy atom. The number of halogens is 1. The molecule has 0 fully saturated rings. The number of thiophene rings is 2. The van der Waals surface area contributed by atoms with Gasteiger partial charge in [0.2, 0.25) is 0 Å². The first-order valence-corrected chi connectivity index (χ1v) is 24.4. The van der Waals surface area contributed by atoms with Crippen LogP contribution < -0.4 is 0 Å². The minimum atomic E-state index is -0.390. The number of thioether (sulfide) groups is 3. The van der Waals surface area contributed by atoms with Gasteiger partial charge in [-0.25, -0.2) is 4.98 Å². The van der Waals surface area contributed by atoms with Gasteiger partial charge in [-0.3, -0.25) is 0 Å². The van der Waals surface area contributed by atoms with Crippen molar-refractivity contribution in [2.45, 2.75) is 14.1 Å². The summed E-state index contributed by atoms with van der Waals surface area (Å²) in [5.41, 5.74) is 5.49. The van der Waals surface area contributed by atoms with Gasteiger partial charge in [-0.15, -0.1) is 57.5 Å². The van der Waals surface area contributed by atoms with Crippen molar-refractivity contribution in [2.24, 2.45) is 5.41 Å². The smallest absolute Gasteiger partial charge is 0.151 e. The molecule has 0 bridgehead atoms. The highest BCUT2D eigenvalue weighted by Gasteiger charge is 2.31. The highest BCUT2D eigenvalue weighted by Crippen LogP contribution is 2.44. The van der Waals surface area contributed by atoms with Gasteiger partial charge in [0.25, 0.3) is 0 Å². The fourth-order valence-corrected chi connectivity index (χ4v) is 14.9. The number of fused-ring (bicyclic) bond motifs is 7. The predicted molar refractivity (Wildman–Crippen MR) is 256 cm³/mol. The molecule has 0 radical (unpaired) electrons. The third-order valence-electron chi connectivity index (χ3n) is 10.4. The van der Waals surface area contributed by atoms with Gasteiger partial charge in [0.05, 0.1) is 16.8 Å². The average molecular weight is 869 g/mol. The van der Waals surface area contributed by atoms with Gasteiger partial charge in [-0.2, -0.15) is 0 Å². The SMILES string of the molecule is OCC(CSc1cccc(-c2cccc3c2sc2ccccc23)c1)(CSc1cccc(-c2cccc3c2sc2ccccc23)c1)CSc1nc2cc(Cl)ccc2s1. The topological polar surface area (TPSA) is 33.1 Å². The molecule has 3 aromatic heterocycles. The molecule has 3 heterocycles. The number of hydrogen-bond acceptors (Lipinski definition) is 8. The normalized spacial score (nSPS) is 12.2. The summed E-state index contributed by atoms with van der Waals surface area (Å²) in [5, 5.41) is 17.3. The summed E-state index contributed by atoms with van der Waals surface area (Å²) in [4.78, 5) is 7.32. The summed E-state index contributed by atoms with van der Waals surface area (Å²) < 4.78 is 7.38. The summed E-state index contributed by atoms with van der Waals surface area (Å²) in [6.07, 6.45) is 0. The molecule has 2 nitrogen and oxygen atoms in total. The van der Waals surface area contributed by atoms with Gasteiger partial charge in [-0.1, -0.05) is 120 Å². The molecule has 0 spiro atoms. The third kappa shape index (κ3) is 7.52. The molecular formula is C48H34ClNOS6. The molecule has 0 aliphatic rings. The fourth-order valence-electron chi connectivity index (χ4n) is 7.35. The van der Waals surface area contributed by atoms with E-state index in [2.05, 4.69) is 133 Å². The van der Waals surface area contributed by atoms with Crippen LogP contribution in [0, 0.1) is 5.41 Å². The zero-order chi connectivity index (χ0) is 38.3. The second kappa shape index (κ2) is 16.1. The standard InChI is InChI=1S/C48H34ClNOS6/c49-32-21-22-44-41(25-32)50-47(57-44)54-29-48(26-51,27-52-33-11-5-9-30(23-33)35-15-7-17-39-37-13-1-3-19-42(37)55-45(35)39)28-53-34-12-6-10-31(24-34)36-16-8-18-40-38-14-2-4-20-43(38)56-46(36)40/h1-25,51H,26-29H2. The molecule has 10 aromatic rings. The van der Waals surface area contributed by atoms with Crippen molar-refractivity contribution in [3.63, 3.8) is 0 Å². The van der Waals surface area contributed by atoms with Crippen LogP contribution in [-0.2, 0) is 0 Å². The van der Waals surface area contributed by atoms with E-state index in [1.54, 1.807) is 23.1 Å². The van der Waals surface area contributed by atoms with Crippen LogP contribution in [0.15, 0.2) is 166 Å². The Labute approximate surface area is 361 Å². The van der Waals surface area contributed by atoms with Gasteiger partial charge >= 0.3 is 0 Å². The summed E-state index contributed by atoms with van der Waals surface area (Å²) in [6.45, 7) is 0.0677. The van der Waals surface area contributed by atoms with Crippen molar-refractivity contribution >= 4 is 131 Å². The maximum Gasteiger partial charge on any atom is 0.151 e. The lowest BCUT2D eigenvalue weighted by Crippen LogP contribution is -2.34. The van der Waals surface area contributed by atoms with E-state index in [0.717, 1.165) is 31.8 Å². The molecule has 0 unspecified atom stereocenters. The fraction of sp³-hybridized carbons (Fsp3) is 0.104. The summed E-state index contributed by atoms with van der Waals surface area (Å²) >= 11 is 17.1. The Bertz CT molecular complexity index is 2910. The summed E-state index contributed by atoms with van der Waals surface area (Å²) in [6, 6.07) is 54.4. The first-order valence-electron chi connectivity index (χ1n) is 18.6. The van der Waals surface area contributed by atoms with Crippen LogP contribution in [0.5, 0.6) is 0 Å². The van der Waals surface area contributed by atoms with Crippen LogP contribution in [0.1, 0.15) is 0 Å². The Morgan fingerprint density at radius 3 is 1.61 bits per heavy atom. The van der Waals surface area contributed by atoms with Gasteiger partial charge in [0, 0.05) is 77.8 Å². The molecule has 10 rings (SSSR count). The van der Waals surface area contributed by atoms with E-state index < -0.39 is 5.41 Å². The molecular weight excluding hydrogens is 834 g/mol. The van der Waals surface area contributed by atoms with Crippen molar-refractivity contribution in [3.05, 3.63) is 157 Å². The first kappa shape index (κ1) is 37.4. The predicted octanol–water partition coefficient (Wildman–Crippen LogP) is 15.7. The van der Waals surface area contributed by atoms with Crippen molar-refractivity contribution in [2.75, 3.05) is 23.9 Å². The van der Waals surface area contributed by atoms with Crippen LogP contribution >= 0.6 is 80.9 Å². The Kier molecular flexibility index (Phi) is 10.6. The van der Waals surface area contributed by atoms with Gasteiger partial charge in [0.15, 0.2) is 4.34 Å². The molecule has 280 valence electrons. The zero-order valence-electron chi connectivity index (χ0n) is 30.5. The molecule has 0 amide bonds. The monoisotopic (exact) mass is 867 g/mol. The number of nitrogens with zero attached hydrogens (tertiary/aromatic N) is 1. The maximum atomic E-state index is 11.4. The summed E-state index contributed by atoms with van der Waals surface area (Å²) in [5.74, 6) is 2.26. The maximum absolute atomic E-state index is 11.4. The minimum absolute atomic E-state index is 0.0677. The van der Waals surface area contributed by atoms with E-state index >= 15 is 0 Å². The molecule has 0 aliphatic heterocycles. The lowest BCUT2D eigenvalue weighted by atomic mass is 9.97. The largest absolute Gasteiger partial charge is 0.396 e. The summed E-state index contributed by atoms with van der Waals surface area (Å²) in [7, 11) is 0. The van der Waals surface area contributed by atoms with Gasteiger partial charge in [-0.05, 0) is 76.9 Å². The van der Waals surface area contributed by atoms with Crippen molar-refractivity contribution in [3.8, 4) is 22.3 Å². The third-order valence-corrected chi connectivity index (χ3v) is 18.2. The number of aliphatic hydroxyl groups is 1.